The minimum absolute atomic E-state index is 0.259. The lowest BCUT2D eigenvalue weighted by Crippen LogP contribution is -2.49. The summed E-state index contributed by atoms with van der Waals surface area (Å²) in [7, 11) is 0. The predicted octanol–water partition coefficient (Wildman–Crippen LogP) is 0.416. The molecule has 11 heavy (non-hydrogen) atoms. The maximum absolute atomic E-state index is 10.0. The summed E-state index contributed by atoms with van der Waals surface area (Å²) in [6.07, 6.45) is 4.11. The highest BCUT2D eigenvalue weighted by Crippen LogP contribution is 2.28. The van der Waals surface area contributed by atoms with Crippen molar-refractivity contribution in [1.82, 2.24) is 4.90 Å². The van der Waals surface area contributed by atoms with E-state index in [9.17, 15) is 4.79 Å². The first-order chi connectivity index (χ1) is 5.40. The van der Waals surface area contributed by atoms with Crippen LogP contribution in [0, 0.1) is 5.92 Å². The van der Waals surface area contributed by atoms with Crippen LogP contribution in [0.4, 0.5) is 0 Å². The van der Waals surface area contributed by atoms with Crippen molar-refractivity contribution in [3.8, 4) is 0 Å². The van der Waals surface area contributed by atoms with Gasteiger partial charge in [-0.2, -0.15) is 0 Å². The highest BCUT2D eigenvalue weighted by atomic mass is 16.1. The van der Waals surface area contributed by atoms with Gasteiger partial charge in [0, 0.05) is 6.54 Å². The van der Waals surface area contributed by atoms with E-state index in [1.807, 2.05) is 0 Å². The number of hydrogen-bond acceptors (Lipinski definition) is 3. The largest absolute Gasteiger partial charge is 0.301 e. The van der Waals surface area contributed by atoms with Crippen molar-refractivity contribution in [1.29, 1.82) is 0 Å². The zero-order chi connectivity index (χ0) is 7.68. The minimum atomic E-state index is 0.259. The molecule has 1 unspecified atom stereocenters. The van der Waals surface area contributed by atoms with Gasteiger partial charge < -0.3 is 4.90 Å². The van der Waals surface area contributed by atoms with Crippen molar-refractivity contribution >= 4 is 6.08 Å². The van der Waals surface area contributed by atoms with Crippen LogP contribution < -0.4 is 0 Å². The average Bonchev–Trinajstić information content (AvgIpc) is 2.07. The second-order valence-corrected chi connectivity index (χ2v) is 3.43. The molecule has 1 atom stereocenters. The number of piperidine rings is 3. The Morgan fingerprint density at radius 3 is 2.55 bits per heavy atom. The molecule has 0 N–H and O–H groups in total. The van der Waals surface area contributed by atoms with Crippen molar-refractivity contribution in [2.24, 2.45) is 10.9 Å². The van der Waals surface area contributed by atoms with Gasteiger partial charge in [-0.25, -0.2) is 9.79 Å². The van der Waals surface area contributed by atoms with Crippen molar-refractivity contribution in [3.05, 3.63) is 0 Å². The van der Waals surface area contributed by atoms with Gasteiger partial charge in [-0.3, -0.25) is 0 Å². The summed E-state index contributed by atoms with van der Waals surface area (Å²) >= 11 is 0. The Kier molecular flexibility index (Phi) is 1.76. The van der Waals surface area contributed by atoms with Crippen LogP contribution >= 0.6 is 0 Å². The van der Waals surface area contributed by atoms with Gasteiger partial charge in [0.15, 0.2) is 0 Å². The van der Waals surface area contributed by atoms with E-state index < -0.39 is 0 Å². The molecule has 0 aromatic heterocycles. The first-order valence-electron chi connectivity index (χ1n) is 4.19. The molecule has 2 bridgehead atoms. The maximum atomic E-state index is 10.0. The van der Waals surface area contributed by atoms with Gasteiger partial charge in [-0.05, 0) is 31.8 Å². The van der Waals surface area contributed by atoms with Crippen LogP contribution in [-0.4, -0.2) is 36.7 Å². The molecule has 3 heterocycles. The lowest BCUT2D eigenvalue weighted by Gasteiger charge is -2.42. The zero-order valence-electron chi connectivity index (χ0n) is 6.49. The number of nitrogens with zero attached hydrogens (tertiary/aromatic N) is 2. The number of isocyanates is 1. The zero-order valence-corrected chi connectivity index (χ0v) is 6.49. The molecule has 0 aromatic carbocycles. The van der Waals surface area contributed by atoms with Crippen LogP contribution in [0.3, 0.4) is 0 Å². The highest BCUT2D eigenvalue weighted by molar-refractivity contribution is 5.34. The second kappa shape index (κ2) is 2.76. The predicted molar refractivity (Wildman–Crippen MR) is 41.1 cm³/mol. The molecule has 3 saturated heterocycles. The van der Waals surface area contributed by atoms with Gasteiger partial charge in [0.25, 0.3) is 0 Å². The van der Waals surface area contributed by atoms with Gasteiger partial charge in [0.05, 0.1) is 6.04 Å². The van der Waals surface area contributed by atoms with E-state index in [1.54, 1.807) is 6.08 Å². The SMILES string of the molecule is O=C=NC1CN2CCC1CC2. The van der Waals surface area contributed by atoms with Gasteiger partial charge >= 0.3 is 0 Å². The Morgan fingerprint density at radius 1 is 1.36 bits per heavy atom. The Balaban J connectivity index is 2.08. The van der Waals surface area contributed by atoms with Crippen LogP contribution in [0.1, 0.15) is 12.8 Å². The molecule has 3 fully saturated rings. The molecule has 3 aliphatic rings. The van der Waals surface area contributed by atoms with E-state index in [2.05, 4.69) is 9.89 Å². The topological polar surface area (TPSA) is 32.7 Å². The lowest BCUT2D eigenvalue weighted by atomic mass is 9.84. The number of aliphatic imine (C=N–C) groups is 1. The Labute approximate surface area is 66.1 Å². The number of carbonyl (C=O) groups excluding carboxylic acids is 1. The van der Waals surface area contributed by atoms with E-state index in [0.717, 1.165) is 6.54 Å². The molecular formula is C8H12N2O. The third kappa shape index (κ3) is 1.22. The van der Waals surface area contributed by atoms with Crippen molar-refractivity contribution in [2.45, 2.75) is 18.9 Å². The summed E-state index contributed by atoms with van der Waals surface area (Å²) in [5, 5.41) is 0. The monoisotopic (exact) mass is 152 g/mol. The number of rotatable bonds is 1. The fourth-order valence-electron chi connectivity index (χ4n) is 2.15. The molecule has 3 nitrogen and oxygen atoms in total. The molecule has 0 spiro atoms. The van der Waals surface area contributed by atoms with E-state index in [0.29, 0.717) is 5.92 Å². The summed E-state index contributed by atoms with van der Waals surface area (Å²) in [6.45, 7) is 3.39. The fraction of sp³-hybridized carbons (Fsp3) is 0.875. The maximum Gasteiger partial charge on any atom is 0.235 e. The number of hydrogen-bond donors (Lipinski definition) is 0. The van der Waals surface area contributed by atoms with Gasteiger partial charge in [0.1, 0.15) is 0 Å². The lowest BCUT2D eigenvalue weighted by molar-refractivity contribution is 0.0906. The smallest absolute Gasteiger partial charge is 0.235 e. The van der Waals surface area contributed by atoms with E-state index in [-0.39, 0.29) is 6.04 Å². The molecule has 0 aliphatic carbocycles. The summed E-state index contributed by atoms with van der Waals surface area (Å²) in [6, 6.07) is 0.259. The van der Waals surface area contributed by atoms with Gasteiger partial charge in [-0.1, -0.05) is 0 Å². The van der Waals surface area contributed by atoms with Crippen molar-refractivity contribution < 1.29 is 4.79 Å². The van der Waals surface area contributed by atoms with E-state index >= 15 is 0 Å². The van der Waals surface area contributed by atoms with Crippen LogP contribution in [-0.2, 0) is 4.79 Å². The van der Waals surface area contributed by atoms with Crippen LogP contribution in [0.25, 0.3) is 0 Å². The van der Waals surface area contributed by atoms with Gasteiger partial charge in [-0.15, -0.1) is 0 Å². The third-order valence-corrected chi connectivity index (χ3v) is 2.84. The molecule has 3 rings (SSSR count). The molecule has 0 amide bonds. The van der Waals surface area contributed by atoms with E-state index in [1.165, 1.54) is 25.9 Å². The van der Waals surface area contributed by atoms with Crippen LogP contribution in [0.2, 0.25) is 0 Å². The normalized spacial score (nSPS) is 41.6. The second-order valence-electron chi connectivity index (χ2n) is 3.43. The molecule has 0 radical (unpaired) electrons. The Bertz CT molecular complexity index is 190. The van der Waals surface area contributed by atoms with Gasteiger partial charge in [0.2, 0.25) is 6.08 Å². The van der Waals surface area contributed by atoms with Crippen molar-refractivity contribution in [3.63, 3.8) is 0 Å². The molecule has 0 aromatic rings. The summed E-state index contributed by atoms with van der Waals surface area (Å²) in [5.74, 6) is 0.668. The Morgan fingerprint density at radius 2 is 2.09 bits per heavy atom. The summed E-state index contributed by atoms with van der Waals surface area (Å²) in [5.41, 5.74) is 0. The minimum Gasteiger partial charge on any atom is -0.301 e. The summed E-state index contributed by atoms with van der Waals surface area (Å²) < 4.78 is 0. The molecule has 0 saturated carbocycles. The average molecular weight is 152 g/mol. The third-order valence-electron chi connectivity index (χ3n) is 2.84. The Hall–Kier alpha value is -0.660. The first kappa shape index (κ1) is 7.01. The first-order valence-corrected chi connectivity index (χ1v) is 4.19. The van der Waals surface area contributed by atoms with E-state index in [4.69, 9.17) is 0 Å². The number of fused-ring (bicyclic) bond motifs is 3. The quantitative estimate of drug-likeness (QED) is 0.403. The highest BCUT2D eigenvalue weighted by Gasteiger charge is 2.33. The molecular weight excluding hydrogens is 140 g/mol. The molecule has 3 aliphatic heterocycles. The summed E-state index contributed by atoms with van der Waals surface area (Å²) in [4.78, 5) is 16.2. The van der Waals surface area contributed by atoms with Crippen LogP contribution in [0.5, 0.6) is 0 Å². The van der Waals surface area contributed by atoms with Crippen molar-refractivity contribution in [2.75, 3.05) is 19.6 Å². The standard InChI is InChI=1S/C8H12N2O/c11-6-9-8-5-10-3-1-7(8)2-4-10/h7-8H,1-5H2. The molecule has 3 heteroatoms. The van der Waals surface area contributed by atoms with Crippen LogP contribution in [0.15, 0.2) is 4.99 Å². The molecule has 60 valence electrons. The fourth-order valence-corrected chi connectivity index (χ4v) is 2.15.